The van der Waals surface area contributed by atoms with Crippen molar-refractivity contribution in [2.75, 3.05) is 7.05 Å². The summed E-state index contributed by atoms with van der Waals surface area (Å²) in [6.07, 6.45) is 5.55. The summed E-state index contributed by atoms with van der Waals surface area (Å²) in [7, 11) is 2.04. The zero-order valence-electron chi connectivity index (χ0n) is 12.3. The zero-order valence-corrected chi connectivity index (χ0v) is 12.3. The number of pyridine rings is 1. The van der Waals surface area contributed by atoms with Crippen LogP contribution in [0.2, 0.25) is 0 Å². The molecule has 0 aliphatic carbocycles. The van der Waals surface area contributed by atoms with E-state index in [2.05, 4.69) is 21.9 Å². The second-order valence-electron chi connectivity index (χ2n) is 5.10. The fourth-order valence-electron chi connectivity index (χ4n) is 2.09. The number of aromatic nitrogens is 3. The Morgan fingerprint density at radius 1 is 1.48 bits per heavy atom. The SMILES string of the molecule is C[C@H](c1ccccn1)N(C)Cc1cnn(CCC(=O)O)c1. The number of hydrogen-bond donors (Lipinski definition) is 1. The molecular formula is C15H20N4O2. The molecule has 0 spiro atoms. The summed E-state index contributed by atoms with van der Waals surface area (Å²) in [6.45, 7) is 3.25. The Bertz CT molecular complexity index is 582. The van der Waals surface area contributed by atoms with E-state index in [1.807, 2.05) is 31.4 Å². The van der Waals surface area contributed by atoms with Gasteiger partial charge in [0.25, 0.3) is 0 Å². The Balaban J connectivity index is 1.93. The van der Waals surface area contributed by atoms with Gasteiger partial charge in [0.05, 0.1) is 24.9 Å². The molecule has 0 aliphatic heterocycles. The van der Waals surface area contributed by atoms with Crippen molar-refractivity contribution in [3.63, 3.8) is 0 Å². The van der Waals surface area contributed by atoms with Gasteiger partial charge in [-0.25, -0.2) is 0 Å². The molecule has 0 fully saturated rings. The topological polar surface area (TPSA) is 71.2 Å². The van der Waals surface area contributed by atoms with Gasteiger partial charge in [0.1, 0.15) is 0 Å². The van der Waals surface area contributed by atoms with Gasteiger partial charge < -0.3 is 5.11 Å². The monoisotopic (exact) mass is 288 g/mol. The molecular weight excluding hydrogens is 268 g/mol. The molecule has 2 aromatic rings. The van der Waals surface area contributed by atoms with Crippen LogP contribution in [0.1, 0.15) is 30.6 Å². The van der Waals surface area contributed by atoms with Crippen LogP contribution in [0.15, 0.2) is 36.8 Å². The first-order valence-corrected chi connectivity index (χ1v) is 6.90. The molecule has 2 rings (SSSR count). The van der Waals surface area contributed by atoms with Crippen LogP contribution < -0.4 is 0 Å². The van der Waals surface area contributed by atoms with Gasteiger partial charge in [-0.15, -0.1) is 0 Å². The highest BCUT2D eigenvalue weighted by molar-refractivity contribution is 5.66. The van der Waals surface area contributed by atoms with E-state index in [0.29, 0.717) is 6.54 Å². The molecule has 21 heavy (non-hydrogen) atoms. The second kappa shape index (κ2) is 6.99. The first kappa shape index (κ1) is 15.2. The fourth-order valence-corrected chi connectivity index (χ4v) is 2.09. The predicted molar refractivity (Wildman–Crippen MR) is 78.6 cm³/mol. The number of carbonyl (C=O) groups is 1. The number of aryl methyl sites for hydroxylation is 1. The molecule has 6 heteroatoms. The van der Waals surface area contributed by atoms with Gasteiger partial charge in [0.15, 0.2) is 0 Å². The van der Waals surface area contributed by atoms with Crippen molar-refractivity contribution in [3.8, 4) is 0 Å². The van der Waals surface area contributed by atoms with Gasteiger partial charge in [-0.05, 0) is 26.1 Å². The molecule has 2 heterocycles. The largest absolute Gasteiger partial charge is 0.481 e. The van der Waals surface area contributed by atoms with Crippen molar-refractivity contribution >= 4 is 5.97 Å². The van der Waals surface area contributed by atoms with E-state index in [1.54, 1.807) is 17.1 Å². The summed E-state index contributed by atoms with van der Waals surface area (Å²) in [4.78, 5) is 17.1. The summed E-state index contributed by atoms with van der Waals surface area (Å²) in [6, 6.07) is 6.10. The number of nitrogens with zero attached hydrogens (tertiary/aromatic N) is 4. The van der Waals surface area contributed by atoms with E-state index in [0.717, 1.165) is 17.8 Å². The lowest BCUT2D eigenvalue weighted by Gasteiger charge is -2.23. The first-order valence-electron chi connectivity index (χ1n) is 6.90. The molecule has 0 aromatic carbocycles. The molecule has 0 amide bonds. The summed E-state index contributed by atoms with van der Waals surface area (Å²) in [5.74, 6) is -0.812. The molecule has 112 valence electrons. The van der Waals surface area contributed by atoms with Crippen molar-refractivity contribution in [1.82, 2.24) is 19.7 Å². The number of rotatable bonds is 7. The number of carboxylic acids is 1. The Hall–Kier alpha value is -2.21. The summed E-state index contributed by atoms with van der Waals surface area (Å²) in [5, 5.41) is 12.9. The van der Waals surface area contributed by atoms with E-state index in [4.69, 9.17) is 5.11 Å². The van der Waals surface area contributed by atoms with E-state index in [1.165, 1.54) is 0 Å². The maximum atomic E-state index is 10.5. The Kier molecular flexibility index (Phi) is 5.05. The highest BCUT2D eigenvalue weighted by Crippen LogP contribution is 2.18. The van der Waals surface area contributed by atoms with Gasteiger partial charge in [-0.3, -0.25) is 19.4 Å². The van der Waals surface area contributed by atoms with Crippen LogP contribution in [-0.4, -0.2) is 37.8 Å². The van der Waals surface area contributed by atoms with Gasteiger partial charge in [0.2, 0.25) is 0 Å². The third-order valence-corrected chi connectivity index (χ3v) is 3.45. The third kappa shape index (κ3) is 4.39. The highest BCUT2D eigenvalue weighted by atomic mass is 16.4. The van der Waals surface area contributed by atoms with Crippen LogP contribution in [0.25, 0.3) is 0 Å². The number of hydrogen-bond acceptors (Lipinski definition) is 4. The van der Waals surface area contributed by atoms with Crippen molar-refractivity contribution in [2.24, 2.45) is 0 Å². The van der Waals surface area contributed by atoms with Crippen LogP contribution in [0.4, 0.5) is 0 Å². The Labute approximate surface area is 124 Å². The molecule has 0 radical (unpaired) electrons. The average molecular weight is 288 g/mol. The molecule has 6 nitrogen and oxygen atoms in total. The summed E-state index contributed by atoms with van der Waals surface area (Å²) in [5.41, 5.74) is 2.09. The molecule has 1 atom stereocenters. The highest BCUT2D eigenvalue weighted by Gasteiger charge is 2.13. The molecule has 1 N–H and O–H groups in total. The van der Waals surface area contributed by atoms with Crippen molar-refractivity contribution in [2.45, 2.75) is 32.5 Å². The van der Waals surface area contributed by atoms with Gasteiger partial charge in [-0.2, -0.15) is 5.10 Å². The molecule has 0 saturated carbocycles. The fraction of sp³-hybridized carbons (Fsp3) is 0.400. The second-order valence-corrected chi connectivity index (χ2v) is 5.10. The summed E-state index contributed by atoms with van der Waals surface area (Å²) < 4.78 is 1.67. The molecule has 0 saturated heterocycles. The van der Waals surface area contributed by atoms with Crippen LogP contribution in [0.5, 0.6) is 0 Å². The van der Waals surface area contributed by atoms with Gasteiger partial charge in [0, 0.05) is 30.5 Å². The summed E-state index contributed by atoms with van der Waals surface area (Å²) >= 11 is 0. The normalized spacial score (nSPS) is 12.5. The maximum absolute atomic E-state index is 10.5. The third-order valence-electron chi connectivity index (χ3n) is 3.45. The minimum Gasteiger partial charge on any atom is -0.481 e. The maximum Gasteiger partial charge on any atom is 0.305 e. The quantitative estimate of drug-likeness (QED) is 0.843. The minimum absolute atomic E-state index is 0.0846. The van der Waals surface area contributed by atoms with Crippen LogP contribution in [-0.2, 0) is 17.9 Å². The Morgan fingerprint density at radius 2 is 2.29 bits per heavy atom. The molecule has 0 bridgehead atoms. The van der Waals surface area contributed by atoms with Crippen molar-refractivity contribution in [1.29, 1.82) is 0 Å². The number of carboxylic acid groups (broad SMARTS) is 1. The first-order chi connectivity index (χ1) is 10.1. The van der Waals surface area contributed by atoms with Crippen LogP contribution in [0.3, 0.4) is 0 Å². The lowest BCUT2D eigenvalue weighted by Crippen LogP contribution is -2.22. The molecule has 0 unspecified atom stereocenters. The smallest absolute Gasteiger partial charge is 0.305 e. The van der Waals surface area contributed by atoms with Crippen molar-refractivity contribution in [3.05, 3.63) is 48.0 Å². The lowest BCUT2D eigenvalue weighted by molar-refractivity contribution is -0.137. The van der Waals surface area contributed by atoms with Crippen LogP contribution >= 0.6 is 0 Å². The van der Waals surface area contributed by atoms with E-state index >= 15 is 0 Å². The van der Waals surface area contributed by atoms with E-state index < -0.39 is 5.97 Å². The zero-order chi connectivity index (χ0) is 15.2. The lowest BCUT2D eigenvalue weighted by atomic mass is 10.2. The minimum atomic E-state index is -0.812. The van der Waals surface area contributed by atoms with Crippen LogP contribution in [0, 0.1) is 0 Å². The van der Waals surface area contributed by atoms with E-state index in [-0.39, 0.29) is 12.5 Å². The molecule has 0 aliphatic rings. The standard InChI is InChI=1S/C15H20N4O2/c1-12(14-5-3-4-7-16-14)18(2)10-13-9-17-19(11-13)8-6-15(20)21/h3-5,7,9,11-12H,6,8,10H2,1-2H3,(H,20,21)/t12-/m1/s1. The number of aliphatic carboxylic acids is 1. The van der Waals surface area contributed by atoms with E-state index in [9.17, 15) is 4.79 Å². The molecule has 2 aromatic heterocycles. The van der Waals surface area contributed by atoms with Crippen molar-refractivity contribution < 1.29 is 9.90 Å². The average Bonchev–Trinajstić information content (AvgIpc) is 2.92. The van der Waals surface area contributed by atoms with Gasteiger partial charge >= 0.3 is 5.97 Å². The predicted octanol–water partition coefficient (Wildman–Crippen LogP) is 1.95. The van der Waals surface area contributed by atoms with Gasteiger partial charge in [-0.1, -0.05) is 6.07 Å². The Morgan fingerprint density at radius 3 is 2.95 bits per heavy atom.